The van der Waals surface area contributed by atoms with Crippen LogP contribution in [0, 0.1) is 0 Å². The van der Waals surface area contributed by atoms with Gasteiger partial charge in [0, 0.05) is 32.2 Å². The van der Waals surface area contributed by atoms with E-state index < -0.39 is 5.54 Å². The van der Waals surface area contributed by atoms with Gasteiger partial charge in [-0.2, -0.15) is 0 Å². The highest BCUT2D eigenvalue weighted by atomic mass is 35.5. The Balaban J connectivity index is 0.00000220. The van der Waals surface area contributed by atoms with Gasteiger partial charge in [-0.25, -0.2) is 4.79 Å². The van der Waals surface area contributed by atoms with Gasteiger partial charge in [0.05, 0.1) is 0 Å². The zero-order valence-corrected chi connectivity index (χ0v) is 13.7. The number of carbonyl (C=O) groups is 2. The minimum absolute atomic E-state index is 0. The average molecular weight is 319 g/mol. The Morgan fingerprint density at radius 1 is 1.33 bits per heavy atom. The highest BCUT2D eigenvalue weighted by Crippen LogP contribution is 2.31. The quantitative estimate of drug-likeness (QED) is 0.722. The molecule has 0 spiro atoms. The Labute approximate surface area is 132 Å². The third-order valence-corrected chi connectivity index (χ3v) is 4.21. The molecule has 3 N–H and O–H groups in total. The topological polar surface area (TPSA) is 73.5 Å². The van der Waals surface area contributed by atoms with E-state index in [-0.39, 0.29) is 24.3 Å². The van der Waals surface area contributed by atoms with Gasteiger partial charge in [0.25, 0.3) is 0 Å². The molecule has 0 aromatic heterocycles. The zero-order valence-electron chi connectivity index (χ0n) is 12.9. The second-order valence-electron chi connectivity index (χ2n) is 5.88. The maximum absolute atomic E-state index is 12.9. The van der Waals surface area contributed by atoms with E-state index in [1.54, 1.807) is 0 Å². The van der Waals surface area contributed by atoms with Crippen LogP contribution in [0.1, 0.15) is 39.5 Å². The summed E-state index contributed by atoms with van der Waals surface area (Å²) in [6, 6.07) is 0.0848. The number of nitrogens with zero attached hydrogens (tertiary/aromatic N) is 1. The van der Waals surface area contributed by atoms with E-state index in [0.717, 1.165) is 45.3 Å². The molecule has 1 heterocycles. The van der Waals surface area contributed by atoms with E-state index in [0.29, 0.717) is 12.6 Å². The van der Waals surface area contributed by atoms with Gasteiger partial charge in [0.15, 0.2) is 0 Å². The van der Waals surface area contributed by atoms with Crippen LogP contribution in [0.4, 0.5) is 4.79 Å². The summed E-state index contributed by atoms with van der Waals surface area (Å²) in [5, 5.41) is 9.01. The van der Waals surface area contributed by atoms with Crippen molar-refractivity contribution in [2.45, 2.75) is 51.1 Å². The summed E-state index contributed by atoms with van der Waals surface area (Å²) in [4.78, 5) is 26.6. The van der Waals surface area contributed by atoms with Gasteiger partial charge in [-0.15, -0.1) is 12.4 Å². The minimum atomic E-state index is -0.684. The van der Waals surface area contributed by atoms with Crippen LogP contribution >= 0.6 is 12.4 Å². The second-order valence-corrected chi connectivity index (χ2v) is 5.88. The van der Waals surface area contributed by atoms with Crippen molar-refractivity contribution in [3.63, 3.8) is 0 Å². The summed E-state index contributed by atoms with van der Waals surface area (Å²) < 4.78 is 0. The molecular weight excluding hydrogens is 292 g/mol. The van der Waals surface area contributed by atoms with Crippen LogP contribution < -0.4 is 16.0 Å². The third-order valence-electron chi connectivity index (χ3n) is 4.21. The Hall–Kier alpha value is -1.01. The lowest BCUT2D eigenvalue weighted by Crippen LogP contribution is -2.63. The first-order valence-electron chi connectivity index (χ1n) is 7.66. The van der Waals surface area contributed by atoms with E-state index in [1.807, 2.05) is 11.8 Å². The maximum Gasteiger partial charge on any atom is 0.315 e. The molecule has 1 aliphatic heterocycles. The molecule has 1 saturated heterocycles. The van der Waals surface area contributed by atoms with Crippen molar-refractivity contribution in [2.75, 3.05) is 26.2 Å². The van der Waals surface area contributed by atoms with Gasteiger partial charge in [-0.1, -0.05) is 12.8 Å². The molecule has 6 nitrogen and oxygen atoms in total. The highest BCUT2D eigenvalue weighted by molar-refractivity contribution is 5.91. The molecule has 0 radical (unpaired) electrons. The van der Waals surface area contributed by atoms with E-state index in [1.165, 1.54) is 0 Å². The molecule has 3 amide bonds. The smallest absolute Gasteiger partial charge is 0.315 e. The van der Waals surface area contributed by atoms with E-state index in [9.17, 15) is 9.59 Å². The molecule has 122 valence electrons. The molecular formula is C14H27ClN4O2. The predicted octanol–water partition coefficient (Wildman–Crippen LogP) is 0.860. The summed E-state index contributed by atoms with van der Waals surface area (Å²) in [7, 11) is 0. The minimum Gasteiger partial charge on any atom is -0.338 e. The van der Waals surface area contributed by atoms with Gasteiger partial charge >= 0.3 is 6.03 Å². The standard InChI is InChI=1S/C14H26N4O2.ClH/c1-3-15-13(20)17-14(6-4-5-7-14)12(19)18-9-8-16-11(2)10-18;/h11,16H,3-10H2,1-2H3,(H2,15,17,20);1H. The number of halogens is 1. The number of carbonyl (C=O) groups excluding carboxylic acids is 2. The fraction of sp³-hybridized carbons (Fsp3) is 0.857. The highest BCUT2D eigenvalue weighted by Gasteiger charge is 2.45. The molecule has 1 aliphatic carbocycles. The molecule has 7 heteroatoms. The number of nitrogens with one attached hydrogen (secondary N) is 3. The van der Waals surface area contributed by atoms with Crippen LogP contribution in [0.2, 0.25) is 0 Å². The summed E-state index contributed by atoms with van der Waals surface area (Å²) in [6.07, 6.45) is 3.50. The Morgan fingerprint density at radius 2 is 2.00 bits per heavy atom. The molecule has 1 atom stereocenters. The fourth-order valence-electron chi connectivity index (χ4n) is 3.21. The van der Waals surface area contributed by atoms with Crippen molar-refractivity contribution in [2.24, 2.45) is 0 Å². The monoisotopic (exact) mass is 318 g/mol. The zero-order chi connectivity index (χ0) is 14.6. The molecule has 0 aromatic carbocycles. The maximum atomic E-state index is 12.9. The first-order chi connectivity index (χ1) is 9.57. The number of hydrogen-bond acceptors (Lipinski definition) is 3. The lowest BCUT2D eigenvalue weighted by molar-refractivity contribution is -0.139. The molecule has 0 aromatic rings. The summed E-state index contributed by atoms with van der Waals surface area (Å²) in [5.74, 6) is 0.0922. The first kappa shape index (κ1) is 18.0. The van der Waals surface area contributed by atoms with E-state index >= 15 is 0 Å². The Morgan fingerprint density at radius 3 is 2.57 bits per heavy atom. The molecule has 1 saturated carbocycles. The fourth-order valence-corrected chi connectivity index (χ4v) is 3.21. The molecule has 2 rings (SSSR count). The van der Waals surface area contributed by atoms with Crippen molar-refractivity contribution >= 4 is 24.3 Å². The van der Waals surface area contributed by atoms with Gasteiger partial charge < -0.3 is 20.9 Å². The van der Waals surface area contributed by atoms with Crippen molar-refractivity contribution in [3.8, 4) is 0 Å². The van der Waals surface area contributed by atoms with Gasteiger partial charge in [-0.05, 0) is 26.7 Å². The second kappa shape index (κ2) is 7.84. The SMILES string of the molecule is CCNC(=O)NC1(C(=O)N2CCNC(C)C2)CCCC1.Cl. The van der Waals surface area contributed by atoms with Crippen LogP contribution in [0.25, 0.3) is 0 Å². The van der Waals surface area contributed by atoms with Crippen molar-refractivity contribution < 1.29 is 9.59 Å². The molecule has 2 fully saturated rings. The number of piperazine rings is 1. The Kier molecular flexibility index (Phi) is 6.74. The molecule has 0 bridgehead atoms. The van der Waals surface area contributed by atoms with Gasteiger partial charge in [0.2, 0.25) is 5.91 Å². The van der Waals surface area contributed by atoms with Crippen molar-refractivity contribution in [1.82, 2.24) is 20.9 Å². The molecule has 21 heavy (non-hydrogen) atoms. The van der Waals surface area contributed by atoms with Crippen LogP contribution in [0.15, 0.2) is 0 Å². The Bertz CT molecular complexity index is 372. The summed E-state index contributed by atoms with van der Waals surface area (Å²) >= 11 is 0. The summed E-state index contributed by atoms with van der Waals surface area (Å²) in [5.41, 5.74) is -0.684. The average Bonchev–Trinajstić information content (AvgIpc) is 2.87. The van der Waals surface area contributed by atoms with Gasteiger partial charge in [0.1, 0.15) is 5.54 Å². The molecule has 1 unspecified atom stereocenters. The number of hydrogen-bond donors (Lipinski definition) is 3. The van der Waals surface area contributed by atoms with Crippen molar-refractivity contribution in [3.05, 3.63) is 0 Å². The van der Waals surface area contributed by atoms with Gasteiger partial charge in [-0.3, -0.25) is 4.79 Å². The first-order valence-corrected chi connectivity index (χ1v) is 7.66. The third kappa shape index (κ3) is 4.23. The largest absolute Gasteiger partial charge is 0.338 e. The predicted molar refractivity (Wildman–Crippen MR) is 84.7 cm³/mol. The summed E-state index contributed by atoms with van der Waals surface area (Å²) in [6.45, 7) is 6.79. The lowest BCUT2D eigenvalue weighted by atomic mass is 9.95. The number of rotatable bonds is 3. The number of urea groups is 1. The van der Waals surface area contributed by atoms with Crippen LogP contribution in [0.5, 0.6) is 0 Å². The number of amides is 3. The normalized spacial score (nSPS) is 24.1. The van der Waals surface area contributed by atoms with Crippen LogP contribution in [-0.2, 0) is 4.79 Å². The van der Waals surface area contributed by atoms with E-state index in [4.69, 9.17) is 0 Å². The molecule has 2 aliphatic rings. The lowest BCUT2D eigenvalue weighted by Gasteiger charge is -2.39. The van der Waals surface area contributed by atoms with Crippen LogP contribution in [0.3, 0.4) is 0 Å². The van der Waals surface area contributed by atoms with Crippen molar-refractivity contribution in [1.29, 1.82) is 0 Å². The van der Waals surface area contributed by atoms with Crippen LogP contribution in [-0.4, -0.2) is 54.6 Å². The van der Waals surface area contributed by atoms with E-state index in [2.05, 4.69) is 22.9 Å².